The highest BCUT2D eigenvalue weighted by Gasteiger charge is 2.36. The van der Waals surface area contributed by atoms with Gasteiger partial charge in [0, 0.05) is 30.3 Å². The Bertz CT molecular complexity index is 729. The van der Waals surface area contributed by atoms with Gasteiger partial charge in [0.2, 0.25) is 11.6 Å². The first kappa shape index (κ1) is 16.8. The van der Waals surface area contributed by atoms with Crippen molar-refractivity contribution in [3.63, 3.8) is 0 Å². The predicted octanol–water partition coefficient (Wildman–Crippen LogP) is 3.47. The maximum atomic E-state index is 12.9. The first-order valence-corrected chi connectivity index (χ1v) is 9.62. The second-order valence-corrected chi connectivity index (χ2v) is 7.56. The van der Waals surface area contributed by atoms with Gasteiger partial charge in [-0.05, 0) is 38.8 Å². The standard InChI is InChI=1S/C20H23ClN2O2/c21-17-18(20(25)16-7-3-2-6-15(16)19(17)24)23-12-8-14(9-13-23)22-10-4-1-5-11-22/h2-3,6-7,14H,1,4-5,8-13H2. The molecule has 0 bridgehead atoms. The minimum Gasteiger partial charge on any atom is -0.367 e. The van der Waals surface area contributed by atoms with Gasteiger partial charge in [-0.15, -0.1) is 0 Å². The number of benzene rings is 1. The first-order chi connectivity index (χ1) is 12.2. The molecule has 3 aliphatic rings. The highest BCUT2D eigenvalue weighted by Crippen LogP contribution is 2.32. The summed E-state index contributed by atoms with van der Waals surface area (Å²) in [6, 6.07) is 7.56. The second-order valence-electron chi connectivity index (χ2n) is 7.18. The lowest BCUT2D eigenvalue weighted by atomic mass is 9.90. The molecular formula is C20H23ClN2O2. The Morgan fingerprint density at radius 1 is 0.840 bits per heavy atom. The molecule has 1 aromatic rings. The van der Waals surface area contributed by atoms with E-state index in [1.54, 1.807) is 24.3 Å². The van der Waals surface area contributed by atoms with Gasteiger partial charge in [-0.1, -0.05) is 42.3 Å². The predicted molar refractivity (Wildman–Crippen MR) is 98.0 cm³/mol. The van der Waals surface area contributed by atoms with Crippen LogP contribution in [0.15, 0.2) is 35.0 Å². The maximum absolute atomic E-state index is 12.9. The van der Waals surface area contributed by atoms with Gasteiger partial charge in [-0.2, -0.15) is 0 Å². The van der Waals surface area contributed by atoms with Gasteiger partial charge in [0.05, 0.1) is 0 Å². The van der Waals surface area contributed by atoms with Crippen molar-refractivity contribution in [2.24, 2.45) is 0 Å². The Balaban J connectivity index is 1.52. The number of likely N-dealkylation sites (tertiary alicyclic amines) is 2. The fraction of sp³-hybridized carbons (Fsp3) is 0.500. The van der Waals surface area contributed by atoms with Gasteiger partial charge in [0.15, 0.2) is 0 Å². The lowest BCUT2D eigenvalue weighted by molar-refractivity contribution is 0.0861. The summed E-state index contributed by atoms with van der Waals surface area (Å²) >= 11 is 6.33. The normalized spacial score (nSPS) is 23.2. The third-order valence-corrected chi connectivity index (χ3v) is 6.08. The van der Waals surface area contributed by atoms with E-state index in [2.05, 4.69) is 4.90 Å². The number of allylic oxidation sites excluding steroid dienone is 2. The molecule has 2 fully saturated rings. The quantitative estimate of drug-likeness (QED) is 0.811. The summed E-state index contributed by atoms with van der Waals surface area (Å²) in [4.78, 5) is 30.1. The lowest BCUT2D eigenvalue weighted by Crippen LogP contribution is -2.47. The molecule has 0 amide bonds. The zero-order chi connectivity index (χ0) is 17.4. The molecule has 0 spiro atoms. The summed E-state index contributed by atoms with van der Waals surface area (Å²) in [5, 5.41) is 0.0834. The average molecular weight is 359 g/mol. The van der Waals surface area contributed by atoms with Crippen molar-refractivity contribution in [2.45, 2.75) is 38.1 Å². The maximum Gasteiger partial charge on any atom is 0.211 e. The molecule has 0 saturated carbocycles. The second kappa shape index (κ2) is 6.93. The molecule has 4 nitrogen and oxygen atoms in total. The number of carbonyl (C=O) groups is 2. The summed E-state index contributed by atoms with van der Waals surface area (Å²) in [7, 11) is 0. The molecule has 132 valence electrons. The number of rotatable bonds is 2. The van der Waals surface area contributed by atoms with Crippen molar-refractivity contribution in [3.05, 3.63) is 46.1 Å². The molecule has 25 heavy (non-hydrogen) atoms. The summed E-state index contributed by atoms with van der Waals surface area (Å²) in [5.41, 5.74) is 1.30. The molecule has 1 aromatic carbocycles. The molecule has 0 N–H and O–H groups in total. The number of hydrogen-bond acceptors (Lipinski definition) is 4. The molecule has 2 saturated heterocycles. The zero-order valence-electron chi connectivity index (χ0n) is 14.3. The van der Waals surface area contributed by atoms with Crippen molar-refractivity contribution in [1.29, 1.82) is 0 Å². The largest absolute Gasteiger partial charge is 0.367 e. The summed E-state index contributed by atoms with van der Waals surface area (Å²) < 4.78 is 0. The minimum absolute atomic E-state index is 0.0834. The summed E-state index contributed by atoms with van der Waals surface area (Å²) in [6.45, 7) is 3.96. The fourth-order valence-corrected chi connectivity index (χ4v) is 4.66. The molecule has 2 heterocycles. The van der Waals surface area contributed by atoms with Crippen molar-refractivity contribution in [2.75, 3.05) is 26.2 Å². The number of Topliss-reactive ketones (excluding diaryl/α,β-unsaturated/α-hetero) is 2. The summed E-state index contributed by atoms with van der Waals surface area (Å²) in [6.07, 6.45) is 5.98. The molecule has 0 radical (unpaired) electrons. The van der Waals surface area contributed by atoms with Gasteiger partial charge in [-0.3, -0.25) is 9.59 Å². The van der Waals surface area contributed by atoms with E-state index >= 15 is 0 Å². The van der Waals surface area contributed by atoms with Crippen LogP contribution in [0.5, 0.6) is 0 Å². The Labute approximate surface area is 153 Å². The van der Waals surface area contributed by atoms with Crippen LogP contribution in [-0.4, -0.2) is 53.6 Å². The van der Waals surface area contributed by atoms with E-state index < -0.39 is 0 Å². The molecular weight excluding hydrogens is 336 g/mol. The number of halogens is 1. The third kappa shape index (κ3) is 3.02. The average Bonchev–Trinajstić information content (AvgIpc) is 2.68. The van der Waals surface area contributed by atoms with E-state index in [4.69, 9.17) is 11.6 Å². The Hall–Kier alpha value is -1.65. The van der Waals surface area contributed by atoms with E-state index in [0.717, 1.165) is 25.9 Å². The van der Waals surface area contributed by atoms with Gasteiger partial charge in [0.1, 0.15) is 10.7 Å². The zero-order valence-corrected chi connectivity index (χ0v) is 15.1. The van der Waals surface area contributed by atoms with Gasteiger partial charge < -0.3 is 9.80 Å². The highest BCUT2D eigenvalue weighted by molar-refractivity contribution is 6.49. The number of nitrogens with zero attached hydrogens (tertiary/aromatic N) is 2. The number of fused-ring (bicyclic) bond motifs is 1. The van der Waals surface area contributed by atoms with Gasteiger partial charge >= 0.3 is 0 Å². The van der Waals surface area contributed by atoms with Crippen molar-refractivity contribution < 1.29 is 9.59 Å². The van der Waals surface area contributed by atoms with E-state index in [1.165, 1.54) is 32.4 Å². The summed E-state index contributed by atoms with van der Waals surface area (Å²) in [5.74, 6) is -0.346. The Kier molecular flexibility index (Phi) is 4.65. The van der Waals surface area contributed by atoms with Crippen LogP contribution in [0.4, 0.5) is 0 Å². The van der Waals surface area contributed by atoms with Crippen LogP contribution in [0.1, 0.15) is 52.8 Å². The van der Waals surface area contributed by atoms with Crippen molar-refractivity contribution in [1.82, 2.24) is 9.80 Å². The fourth-order valence-electron chi connectivity index (χ4n) is 4.35. The lowest BCUT2D eigenvalue weighted by Gasteiger charge is -2.41. The van der Waals surface area contributed by atoms with Crippen LogP contribution in [0.25, 0.3) is 0 Å². The van der Waals surface area contributed by atoms with Gasteiger partial charge in [0.25, 0.3) is 0 Å². The van der Waals surface area contributed by atoms with Crippen molar-refractivity contribution >= 4 is 23.2 Å². The topological polar surface area (TPSA) is 40.6 Å². The molecule has 0 aromatic heterocycles. The molecule has 2 aliphatic heterocycles. The van der Waals surface area contributed by atoms with Gasteiger partial charge in [-0.25, -0.2) is 0 Å². The molecule has 4 rings (SSSR count). The smallest absolute Gasteiger partial charge is 0.211 e. The number of hydrogen-bond donors (Lipinski definition) is 0. The van der Waals surface area contributed by atoms with E-state index in [-0.39, 0.29) is 16.6 Å². The monoisotopic (exact) mass is 358 g/mol. The van der Waals surface area contributed by atoms with Crippen LogP contribution in [-0.2, 0) is 0 Å². The van der Waals surface area contributed by atoms with Crippen LogP contribution in [0.2, 0.25) is 0 Å². The molecule has 1 aliphatic carbocycles. The van der Waals surface area contributed by atoms with Crippen LogP contribution >= 0.6 is 11.6 Å². The van der Waals surface area contributed by atoms with Crippen LogP contribution in [0, 0.1) is 0 Å². The number of carbonyl (C=O) groups excluding carboxylic acids is 2. The molecule has 0 unspecified atom stereocenters. The SMILES string of the molecule is O=C1C(Cl)=C(N2CCC(N3CCCCC3)CC2)C(=O)c2ccccc21. The number of ketones is 2. The highest BCUT2D eigenvalue weighted by atomic mass is 35.5. The molecule has 0 atom stereocenters. The Morgan fingerprint density at radius 3 is 2.08 bits per heavy atom. The van der Waals surface area contributed by atoms with Crippen molar-refractivity contribution in [3.8, 4) is 0 Å². The minimum atomic E-state index is -0.231. The first-order valence-electron chi connectivity index (χ1n) is 9.24. The van der Waals surface area contributed by atoms with E-state index in [0.29, 0.717) is 22.9 Å². The Morgan fingerprint density at radius 2 is 1.44 bits per heavy atom. The van der Waals surface area contributed by atoms with Crippen LogP contribution < -0.4 is 0 Å². The molecule has 5 heteroatoms. The van der Waals surface area contributed by atoms with E-state index in [9.17, 15) is 9.59 Å². The third-order valence-electron chi connectivity index (χ3n) is 5.73. The van der Waals surface area contributed by atoms with E-state index in [1.807, 2.05) is 4.90 Å². The van der Waals surface area contributed by atoms with Crippen LogP contribution in [0.3, 0.4) is 0 Å². The number of piperidine rings is 2.